The highest BCUT2D eigenvalue weighted by Crippen LogP contribution is 2.15. The Morgan fingerprint density at radius 2 is 2.12 bits per heavy atom. The predicted octanol–water partition coefficient (Wildman–Crippen LogP) is 2.28. The van der Waals surface area contributed by atoms with E-state index in [2.05, 4.69) is 30.2 Å². The summed E-state index contributed by atoms with van der Waals surface area (Å²) in [5, 5.41) is 13.4. The molecule has 1 unspecified atom stereocenters. The molecule has 0 amide bonds. The molecule has 17 heavy (non-hydrogen) atoms. The van der Waals surface area contributed by atoms with Crippen molar-refractivity contribution in [2.24, 2.45) is 5.92 Å². The Kier molecular flexibility index (Phi) is 5.09. The first-order valence-corrected chi connectivity index (χ1v) is 6.23. The van der Waals surface area contributed by atoms with Crippen LogP contribution in [-0.2, 0) is 6.54 Å². The summed E-state index contributed by atoms with van der Waals surface area (Å²) in [5.41, 5.74) is 1.69. The molecule has 3 heteroatoms. The number of rotatable bonds is 6. The molecular formula is C14H24N2O. The third-order valence-electron chi connectivity index (χ3n) is 2.61. The fourth-order valence-electron chi connectivity index (χ4n) is 2.14. The molecule has 1 aromatic heterocycles. The smallest absolute Gasteiger partial charge is 0.0746 e. The van der Waals surface area contributed by atoms with Crippen molar-refractivity contribution in [1.82, 2.24) is 10.3 Å². The summed E-state index contributed by atoms with van der Waals surface area (Å²) in [5.74, 6) is 0.507. The SMILES string of the molecule is Cc1cncc(CNCC(C)(O)CC(C)C)c1. The Balaban J connectivity index is 2.37. The second kappa shape index (κ2) is 6.12. The number of nitrogens with zero attached hydrogens (tertiary/aromatic N) is 1. The zero-order valence-corrected chi connectivity index (χ0v) is 11.3. The summed E-state index contributed by atoms with van der Waals surface area (Å²) in [7, 11) is 0. The van der Waals surface area contributed by atoms with E-state index in [0.29, 0.717) is 12.5 Å². The van der Waals surface area contributed by atoms with Gasteiger partial charge in [0.15, 0.2) is 0 Å². The van der Waals surface area contributed by atoms with Gasteiger partial charge in [-0.3, -0.25) is 4.98 Å². The Hall–Kier alpha value is -0.930. The number of hydrogen-bond donors (Lipinski definition) is 2. The molecule has 0 aliphatic carbocycles. The normalized spacial score (nSPS) is 14.9. The van der Waals surface area contributed by atoms with E-state index in [1.165, 1.54) is 5.56 Å². The van der Waals surface area contributed by atoms with Crippen LogP contribution < -0.4 is 5.32 Å². The molecule has 0 fully saturated rings. The van der Waals surface area contributed by atoms with Crippen LogP contribution in [0.4, 0.5) is 0 Å². The summed E-state index contributed by atoms with van der Waals surface area (Å²) < 4.78 is 0. The number of aliphatic hydroxyl groups is 1. The van der Waals surface area contributed by atoms with E-state index in [-0.39, 0.29) is 0 Å². The Labute approximate surface area is 104 Å². The van der Waals surface area contributed by atoms with Crippen LogP contribution in [0.1, 0.15) is 38.3 Å². The molecule has 0 aliphatic rings. The number of hydrogen-bond acceptors (Lipinski definition) is 3. The van der Waals surface area contributed by atoms with Crippen molar-refractivity contribution in [2.75, 3.05) is 6.54 Å². The maximum atomic E-state index is 10.1. The molecular weight excluding hydrogens is 212 g/mol. The van der Waals surface area contributed by atoms with Crippen LogP contribution in [0, 0.1) is 12.8 Å². The molecule has 0 bridgehead atoms. The van der Waals surface area contributed by atoms with E-state index in [1.807, 2.05) is 26.2 Å². The summed E-state index contributed by atoms with van der Waals surface area (Å²) in [6.07, 6.45) is 4.52. The average Bonchev–Trinajstić information content (AvgIpc) is 2.15. The van der Waals surface area contributed by atoms with Gasteiger partial charge in [0.2, 0.25) is 0 Å². The third kappa shape index (κ3) is 5.80. The monoisotopic (exact) mass is 236 g/mol. The van der Waals surface area contributed by atoms with Gasteiger partial charge in [-0.05, 0) is 37.3 Å². The lowest BCUT2D eigenvalue weighted by Gasteiger charge is -2.25. The summed E-state index contributed by atoms with van der Waals surface area (Å²) in [4.78, 5) is 4.15. The number of aryl methyl sites for hydroxylation is 1. The molecule has 0 saturated heterocycles. The Morgan fingerprint density at radius 3 is 2.71 bits per heavy atom. The number of nitrogens with one attached hydrogen (secondary N) is 1. The zero-order valence-electron chi connectivity index (χ0n) is 11.3. The largest absolute Gasteiger partial charge is 0.389 e. The number of pyridine rings is 1. The first-order chi connectivity index (χ1) is 7.89. The predicted molar refractivity (Wildman–Crippen MR) is 70.8 cm³/mol. The van der Waals surface area contributed by atoms with Crippen molar-refractivity contribution in [3.63, 3.8) is 0 Å². The highest BCUT2D eigenvalue weighted by atomic mass is 16.3. The highest BCUT2D eigenvalue weighted by molar-refractivity contribution is 5.16. The molecule has 0 radical (unpaired) electrons. The Bertz CT molecular complexity index is 348. The third-order valence-corrected chi connectivity index (χ3v) is 2.61. The van der Waals surface area contributed by atoms with Crippen LogP contribution in [0.2, 0.25) is 0 Å². The second-order valence-corrected chi connectivity index (χ2v) is 5.57. The van der Waals surface area contributed by atoms with Crippen molar-refractivity contribution in [1.29, 1.82) is 0 Å². The van der Waals surface area contributed by atoms with Crippen LogP contribution in [0.5, 0.6) is 0 Å². The fourth-order valence-corrected chi connectivity index (χ4v) is 2.14. The molecule has 0 aliphatic heterocycles. The zero-order chi connectivity index (χ0) is 12.9. The molecule has 1 aromatic rings. The summed E-state index contributed by atoms with van der Waals surface area (Å²) in [6, 6.07) is 2.11. The minimum Gasteiger partial charge on any atom is -0.389 e. The van der Waals surface area contributed by atoms with E-state index in [9.17, 15) is 5.11 Å². The van der Waals surface area contributed by atoms with E-state index in [1.54, 1.807) is 0 Å². The molecule has 3 nitrogen and oxygen atoms in total. The minimum absolute atomic E-state index is 0.507. The quantitative estimate of drug-likeness (QED) is 0.796. The second-order valence-electron chi connectivity index (χ2n) is 5.57. The van der Waals surface area contributed by atoms with Gasteiger partial charge in [0.25, 0.3) is 0 Å². The van der Waals surface area contributed by atoms with Gasteiger partial charge in [0, 0.05) is 25.5 Å². The first kappa shape index (κ1) is 14.1. The molecule has 0 aromatic carbocycles. The van der Waals surface area contributed by atoms with Gasteiger partial charge in [0.1, 0.15) is 0 Å². The van der Waals surface area contributed by atoms with Crippen molar-refractivity contribution in [3.8, 4) is 0 Å². The van der Waals surface area contributed by atoms with Gasteiger partial charge in [0.05, 0.1) is 5.60 Å². The van der Waals surface area contributed by atoms with Gasteiger partial charge in [-0.2, -0.15) is 0 Å². The molecule has 1 rings (SSSR count). The molecule has 0 spiro atoms. The van der Waals surface area contributed by atoms with Crippen molar-refractivity contribution in [2.45, 2.75) is 46.3 Å². The fraction of sp³-hybridized carbons (Fsp3) is 0.643. The Morgan fingerprint density at radius 1 is 1.41 bits per heavy atom. The summed E-state index contributed by atoms with van der Waals surface area (Å²) in [6.45, 7) is 9.53. The molecule has 1 heterocycles. The van der Waals surface area contributed by atoms with Gasteiger partial charge >= 0.3 is 0 Å². The maximum absolute atomic E-state index is 10.1. The number of aromatic nitrogens is 1. The average molecular weight is 236 g/mol. The van der Waals surface area contributed by atoms with Gasteiger partial charge in [-0.15, -0.1) is 0 Å². The maximum Gasteiger partial charge on any atom is 0.0746 e. The molecule has 2 N–H and O–H groups in total. The first-order valence-electron chi connectivity index (χ1n) is 6.23. The van der Waals surface area contributed by atoms with Gasteiger partial charge < -0.3 is 10.4 Å². The van der Waals surface area contributed by atoms with E-state index >= 15 is 0 Å². The van der Waals surface area contributed by atoms with Crippen molar-refractivity contribution < 1.29 is 5.11 Å². The highest BCUT2D eigenvalue weighted by Gasteiger charge is 2.20. The van der Waals surface area contributed by atoms with E-state index in [0.717, 1.165) is 18.5 Å². The van der Waals surface area contributed by atoms with Crippen molar-refractivity contribution in [3.05, 3.63) is 29.6 Å². The van der Waals surface area contributed by atoms with Gasteiger partial charge in [-0.25, -0.2) is 0 Å². The van der Waals surface area contributed by atoms with Crippen LogP contribution in [0.3, 0.4) is 0 Å². The van der Waals surface area contributed by atoms with E-state index in [4.69, 9.17) is 0 Å². The lowest BCUT2D eigenvalue weighted by Crippen LogP contribution is -2.38. The van der Waals surface area contributed by atoms with Crippen LogP contribution in [0.15, 0.2) is 18.5 Å². The van der Waals surface area contributed by atoms with Crippen LogP contribution >= 0.6 is 0 Å². The van der Waals surface area contributed by atoms with Crippen LogP contribution in [-0.4, -0.2) is 22.2 Å². The summed E-state index contributed by atoms with van der Waals surface area (Å²) >= 11 is 0. The lowest BCUT2D eigenvalue weighted by molar-refractivity contribution is 0.0383. The molecule has 96 valence electrons. The minimum atomic E-state index is -0.634. The molecule has 1 atom stereocenters. The van der Waals surface area contributed by atoms with Crippen molar-refractivity contribution >= 4 is 0 Å². The van der Waals surface area contributed by atoms with Crippen LogP contribution in [0.25, 0.3) is 0 Å². The molecule has 0 saturated carbocycles. The lowest BCUT2D eigenvalue weighted by atomic mass is 9.94. The van der Waals surface area contributed by atoms with Gasteiger partial charge in [-0.1, -0.05) is 19.9 Å². The topological polar surface area (TPSA) is 45.2 Å². The van der Waals surface area contributed by atoms with E-state index < -0.39 is 5.60 Å². The standard InChI is InChI=1S/C14H24N2O/c1-11(2)6-14(4,17)10-16-9-13-5-12(3)7-15-8-13/h5,7-8,11,16-17H,6,9-10H2,1-4H3.